The van der Waals surface area contributed by atoms with E-state index < -0.39 is 23.4 Å². The van der Waals surface area contributed by atoms with Gasteiger partial charge >= 0.3 is 0 Å². The average molecular weight is 439 g/mol. The van der Waals surface area contributed by atoms with Gasteiger partial charge in [0.25, 0.3) is 0 Å². The van der Waals surface area contributed by atoms with Crippen molar-refractivity contribution >= 4 is 11.8 Å². The van der Waals surface area contributed by atoms with E-state index in [0.717, 1.165) is 24.2 Å². The minimum atomic E-state index is -0.970. The third-order valence-electron chi connectivity index (χ3n) is 6.57. The Balaban J connectivity index is 1.67. The molecule has 1 aliphatic carbocycles. The molecule has 0 radical (unpaired) electrons. The highest BCUT2D eigenvalue weighted by atomic mass is 32.2. The number of hydrogen-bond donors (Lipinski definition) is 2. The molecule has 1 saturated carbocycles. The Hall–Kier alpha value is -0.920. The van der Waals surface area contributed by atoms with Crippen LogP contribution in [0, 0.1) is 11.7 Å². The van der Waals surface area contributed by atoms with E-state index in [1.165, 1.54) is 17.7 Å². The number of aryl methyl sites for hydroxylation is 1. The van der Waals surface area contributed by atoms with Gasteiger partial charge in [-0.2, -0.15) is 11.8 Å². The van der Waals surface area contributed by atoms with Crippen molar-refractivity contribution in [3.8, 4) is 0 Å². The van der Waals surface area contributed by atoms with Crippen molar-refractivity contribution in [1.82, 2.24) is 0 Å². The molecule has 1 aliphatic heterocycles. The molecule has 168 valence electrons. The zero-order valence-electron chi connectivity index (χ0n) is 18.4. The lowest BCUT2D eigenvalue weighted by atomic mass is 9.66. The molecule has 1 aromatic rings. The summed E-state index contributed by atoms with van der Waals surface area (Å²) < 4.78 is 24.9. The fourth-order valence-electron chi connectivity index (χ4n) is 4.82. The van der Waals surface area contributed by atoms with E-state index in [4.69, 9.17) is 9.47 Å². The second-order valence-electron chi connectivity index (χ2n) is 9.12. The molecule has 4 nitrogen and oxygen atoms in total. The molecule has 0 spiro atoms. The molecule has 30 heavy (non-hydrogen) atoms. The third-order valence-corrected chi connectivity index (χ3v) is 7.76. The van der Waals surface area contributed by atoms with E-state index in [9.17, 15) is 14.6 Å². The van der Waals surface area contributed by atoms with Gasteiger partial charge in [-0.1, -0.05) is 23.8 Å². The minimum Gasteiger partial charge on any atom is -0.390 e. The van der Waals surface area contributed by atoms with Crippen LogP contribution in [0.1, 0.15) is 45.6 Å². The van der Waals surface area contributed by atoms with Crippen LogP contribution in [0.4, 0.5) is 4.39 Å². The Morgan fingerprint density at radius 2 is 2.03 bits per heavy atom. The fraction of sp³-hybridized carbons (Fsp3) is 0.667. The number of halogens is 1. The Morgan fingerprint density at radius 1 is 1.33 bits per heavy atom. The maximum Gasteiger partial charge on any atom is 0.123 e. The summed E-state index contributed by atoms with van der Waals surface area (Å²) in [5.74, 6) is 0.863. The van der Waals surface area contributed by atoms with Crippen LogP contribution in [-0.2, 0) is 15.9 Å². The van der Waals surface area contributed by atoms with Crippen LogP contribution in [0.3, 0.4) is 0 Å². The van der Waals surface area contributed by atoms with Gasteiger partial charge in [-0.05, 0) is 69.9 Å². The molecule has 0 bridgehead atoms. The van der Waals surface area contributed by atoms with Crippen LogP contribution in [0.15, 0.2) is 35.9 Å². The van der Waals surface area contributed by atoms with Gasteiger partial charge in [0, 0.05) is 18.8 Å². The summed E-state index contributed by atoms with van der Waals surface area (Å²) in [7, 11) is 1.60. The van der Waals surface area contributed by atoms with Gasteiger partial charge in [0.1, 0.15) is 11.4 Å². The van der Waals surface area contributed by atoms with Crippen molar-refractivity contribution in [3.63, 3.8) is 0 Å². The molecule has 1 saturated heterocycles. The van der Waals surface area contributed by atoms with Crippen LogP contribution >= 0.6 is 11.8 Å². The molecule has 6 atom stereocenters. The Kier molecular flexibility index (Phi) is 7.67. The Labute approximate surface area is 183 Å². The highest BCUT2D eigenvalue weighted by molar-refractivity contribution is 7.99. The second kappa shape index (κ2) is 9.70. The Bertz CT molecular complexity index is 735. The summed E-state index contributed by atoms with van der Waals surface area (Å²) in [6.07, 6.45) is 3.78. The molecule has 2 fully saturated rings. The first-order valence-electron chi connectivity index (χ1n) is 10.8. The number of epoxide rings is 1. The molecular weight excluding hydrogens is 403 g/mol. The van der Waals surface area contributed by atoms with Gasteiger partial charge in [0.15, 0.2) is 0 Å². The lowest BCUT2D eigenvalue weighted by molar-refractivity contribution is -0.169. The van der Waals surface area contributed by atoms with Crippen LogP contribution in [0.5, 0.6) is 0 Å². The summed E-state index contributed by atoms with van der Waals surface area (Å²) in [6.45, 7) is 6.17. The van der Waals surface area contributed by atoms with Gasteiger partial charge < -0.3 is 19.7 Å². The molecule has 0 aromatic heterocycles. The number of thioether (sulfide) groups is 1. The van der Waals surface area contributed by atoms with Crippen molar-refractivity contribution in [1.29, 1.82) is 0 Å². The molecule has 1 aromatic carbocycles. The van der Waals surface area contributed by atoms with E-state index in [1.807, 2.05) is 6.92 Å². The number of aliphatic hydroxyl groups excluding tert-OH is 1. The van der Waals surface area contributed by atoms with E-state index in [-0.39, 0.29) is 17.8 Å². The largest absolute Gasteiger partial charge is 0.390 e. The first-order chi connectivity index (χ1) is 14.2. The molecule has 1 heterocycles. The van der Waals surface area contributed by atoms with Gasteiger partial charge in [-0.25, -0.2) is 4.39 Å². The molecule has 6 heteroatoms. The molecule has 0 amide bonds. The number of allylic oxidation sites excluding steroid dienone is 1. The summed E-state index contributed by atoms with van der Waals surface area (Å²) >= 11 is 1.69. The number of aliphatic hydroxyl groups is 2. The molecule has 2 N–H and O–H groups in total. The van der Waals surface area contributed by atoms with Crippen molar-refractivity contribution < 1.29 is 24.1 Å². The molecular formula is C24H35FO4S. The molecule has 3 rings (SSSR count). The normalized spacial score (nSPS) is 35.8. The quantitative estimate of drug-likeness (QED) is 0.345. The summed E-state index contributed by atoms with van der Waals surface area (Å²) in [5, 5.41) is 22.3. The van der Waals surface area contributed by atoms with Crippen LogP contribution in [0.25, 0.3) is 0 Å². The maximum atomic E-state index is 13.1. The number of benzene rings is 1. The van der Waals surface area contributed by atoms with E-state index in [2.05, 4.69) is 19.9 Å². The van der Waals surface area contributed by atoms with Crippen LogP contribution < -0.4 is 0 Å². The lowest BCUT2D eigenvalue weighted by Gasteiger charge is -2.48. The lowest BCUT2D eigenvalue weighted by Crippen LogP contribution is -2.60. The maximum absolute atomic E-state index is 13.1. The first kappa shape index (κ1) is 23.7. The van der Waals surface area contributed by atoms with E-state index in [0.29, 0.717) is 18.6 Å². The van der Waals surface area contributed by atoms with Gasteiger partial charge in [-0.15, -0.1) is 0 Å². The van der Waals surface area contributed by atoms with Crippen LogP contribution in [-0.4, -0.2) is 58.3 Å². The standard InChI is InChI=1S/C24H35FO4S/c1-16(2)5-10-20-23(3,29-20)22-21(28-4)19(26)11-13-24(22,27)15-30-14-12-17-6-8-18(25)9-7-17/h5-9,19-22,26-27H,10-15H2,1-4H3. The Morgan fingerprint density at radius 3 is 2.67 bits per heavy atom. The predicted molar refractivity (Wildman–Crippen MR) is 119 cm³/mol. The van der Waals surface area contributed by atoms with Crippen molar-refractivity contribution in [2.75, 3.05) is 18.6 Å². The highest BCUT2D eigenvalue weighted by Crippen LogP contribution is 2.54. The molecule has 2 aliphatic rings. The van der Waals surface area contributed by atoms with Crippen molar-refractivity contribution in [3.05, 3.63) is 47.3 Å². The SMILES string of the molecule is COC1C(O)CCC(O)(CSCCc2ccc(F)cc2)C1C1(C)OC1CC=C(C)C. The van der Waals surface area contributed by atoms with E-state index >= 15 is 0 Å². The van der Waals surface area contributed by atoms with Gasteiger partial charge in [0.2, 0.25) is 0 Å². The number of methoxy groups -OCH3 is 1. The average Bonchev–Trinajstić information content (AvgIpc) is 3.37. The minimum absolute atomic E-state index is 0.0242. The van der Waals surface area contributed by atoms with Crippen molar-refractivity contribution in [2.24, 2.45) is 5.92 Å². The first-order valence-corrected chi connectivity index (χ1v) is 11.9. The second-order valence-corrected chi connectivity index (χ2v) is 10.2. The van der Waals surface area contributed by atoms with Gasteiger partial charge in [-0.3, -0.25) is 0 Å². The third kappa shape index (κ3) is 5.28. The highest BCUT2D eigenvalue weighted by Gasteiger charge is 2.66. The van der Waals surface area contributed by atoms with Crippen LogP contribution in [0.2, 0.25) is 0 Å². The smallest absolute Gasteiger partial charge is 0.123 e. The number of ether oxygens (including phenoxy) is 2. The topological polar surface area (TPSA) is 62.2 Å². The predicted octanol–water partition coefficient (Wildman–Crippen LogP) is 4.13. The fourth-order valence-corrected chi connectivity index (χ4v) is 6.02. The summed E-state index contributed by atoms with van der Waals surface area (Å²) in [6, 6.07) is 6.57. The van der Waals surface area contributed by atoms with Crippen molar-refractivity contribution in [2.45, 2.75) is 76.0 Å². The summed E-state index contributed by atoms with van der Waals surface area (Å²) in [4.78, 5) is 0. The van der Waals surface area contributed by atoms with E-state index in [1.54, 1.807) is 31.0 Å². The monoisotopic (exact) mass is 438 g/mol. The zero-order valence-corrected chi connectivity index (χ0v) is 19.3. The molecule has 6 unspecified atom stereocenters. The zero-order chi connectivity index (χ0) is 21.9. The van der Waals surface area contributed by atoms with Gasteiger partial charge in [0.05, 0.1) is 23.9 Å². The number of hydrogen-bond acceptors (Lipinski definition) is 5. The number of rotatable bonds is 9. The summed E-state index contributed by atoms with van der Waals surface area (Å²) in [5.41, 5.74) is 0.842.